The van der Waals surface area contributed by atoms with E-state index in [1.54, 1.807) is 31.6 Å². The first-order valence-corrected chi connectivity index (χ1v) is 9.04. The number of amides is 1. The molecule has 148 valence electrons. The van der Waals surface area contributed by atoms with Gasteiger partial charge in [-0.25, -0.2) is 14.8 Å². The average Bonchev–Trinajstić information content (AvgIpc) is 2.69. The summed E-state index contributed by atoms with van der Waals surface area (Å²) in [6, 6.07) is 5.59. The second-order valence-corrected chi connectivity index (χ2v) is 6.83. The highest BCUT2D eigenvalue weighted by molar-refractivity contribution is 5.92. The molecule has 1 aliphatic rings. The van der Waals surface area contributed by atoms with Crippen LogP contribution in [0.15, 0.2) is 30.6 Å². The zero-order valence-corrected chi connectivity index (χ0v) is 15.9. The Morgan fingerprint density at radius 2 is 2.07 bits per heavy atom. The number of nitrogen functional groups attached to an aromatic ring is 1. The number of rotatable bonds is 5. The van der Waals surface area contributed by atoms with Crippen LogP contribution in [0.5, 0.6) is 0 Å². The van der Waals surface area contributed by atoms with Gasteiger partial charge >= 0.3 is 5.97 Å². The van der Waals surface area contributed by atoms with Gasteiger partial charge in [-0.05, 0) is 30.7 Å². The van der Waals surface area contributed by atoms with Crippen LogP contribution < -0.4 is 16.0 Å². The second kappa shape index (κ2) is 8.22. The molecule has 4 N–H and O–H groups in total. The van der Waals surface area contributed by atoms with Crippen LogP contribution in [-0.4, -0.2) is 64.6 Å². The Bertz CT molecular complexity index is 870. The number of hydrogen-bond donors (Lipinski definition) is 3. The van der Waals surface area contributed by atoms with E-state index in [9.17, 15) is 9.59 Å². The molecule has 2 aromatic heterocycles. The van der Waals surface area contributed by atoms with E-state index in [0.29, 0.717) is 12.2 Å². The maximum atomic E-state index is 11.6. The van der Waals surface area contributed by atoms with Gasteiger partial charge < -0.3 is 21.1 Å². The molecule has 9 heteroatoms. The number of piperazine rings is 1. The maximum absolute atomic E-state index is 11.6. The predicted octanol–water partition coefficient (Wildman–Crippen LogP) is 0.827. The number of pyridine rings is 2. The quantitative estimate of drug-likeness (QED) is 0.692. The number of aromatic carboxylic acids is 1. The summed E-state index contributed by atoms with van der Waals surface area (Å²) in [6.45, 7) is 5.26. The Kier molecular flexibility index (Phi) is 5.74. The lowest BCUT2D eigenvalue weighted by atomic mass is 10.1. The molecule has 1 unspecified atom stereocenters. The fourth-order valence-corrected chi connectivity index (χ4v) is 3.33. The van der Waals surface area contributed by atoms with Crippen molar-refractivity contribution >= 4 is 23.3 Å². The smallest absolute Gasteiger partial charge is 0.356 e. The Morgan fingerprint density at radius 1 is 1.29 bits per heavy atom. The predicted molar refractivity (Wildman–Crippen MR) is 105 cm³/mol. The number of nitrogens with two attached hydrogens (primary N) is 1. The summed E-state index contributed by atoms with van der Waals surface area (Å²) < 4.78 is 0. The average molecular weight is 384 g/mol. The minimum Gasteiger partial charge on any atom is -0.476 e. The third-order valence-electron chi connectivity index (χ3n) is 4.90. The molecule has 0 radical (unpaired) electrons. The van der Waals surface area contributed by atoms with Crippen LogP contribution in [0.25, 0.3) is 0 Å². The van der Waals surface area contributed by atoms with Crippen molar-refractivity contribution in [3.63, 3.8) is 0 Å². The summed E-state index contributed by atoms with van der Waals surface area (Å²) in [5.74, 6) is -1.33. The number of anilines is 2. The SMILES string of the molecule is CNC(=O)c1ccc(N2CCN(Cc3cnc(C(=O)O)c(N)c3)C(C)C2)cn1. The summed E-state index contributed by atoms with van der Waals surface area (Å²) in [5, 5.41) is 11.6. The molecule has 0 saturated carbocycles. The molecule has 0 aliphatic carbocycles. The van der Waals surface area contributed by atoms with Gasteiger partial charge in [-0.2, -0.15) is 0 Å². The summed E-state index contributed by atoms with van der Waals surface area (Å²) >= 11 is 0. The minimum absolute atomic E-state index is 0.116. The molecule has 3 heterocycles. The molecule has 1 atom stereocenters. The van der Waals surface area contributed by atoms with Gasteiger partial charge in [-0.1, -0.05) is 0 Å². The van der Waals surface area contributed by atoms with Gasteiger partial charge in [-0.15, -0.1) is 0 Å². The molecule has 1 amide bonds. The molecular weight excluding hydrogens is 360 g/mol. The van der Waals surface area contributed by atoms with Gasteiger partial charge in [0.25, 0.3) is 5.91 Å². The first-order chi connectivity index (χ1) is 13.4. The van der Waals surface area contributed by atoms with Gasteiger partial charge in [0.15, 0.2) is 5.69 Å². The van der Waals surface area contributed by atoms with Gasteiger partial charge in [-0.3, -0.25) is 9.69 Å². The molecule has 0 aromatic carbocycles. The van der Waals surface area contributed by atoms with E-state index in [-0.39, 0.29) is 23.3 Å². The van der Waals surface area contributed by atoms with E-state index in [2.05, 4.69) is 32.0 Å². The van der Waals surface area contributed by atoms with Crippen molar-refractivity contribution in [2.24, 2.45) is 0 Å². The Hall–Kier alpha value is -3.20. The number of carboxylic acids is 1. The summed E-state index contributed by atoms with van der Waals surface area (Å²) in [4.78, 5) is 35.4. The van der Waals surface area contributed by atoms with Crippen LogP contribution in [0.1, 0.15) is 33.5 Å². The van der Waals surface area contributed by atoms with Crippen LogP contribution in [0.4, 0.5) is 11.4 Å². The summed E-state index contributed by atoms with van der Waals surface area (Å²) in [6.07, 6.45) is 3.29. The van der Waals surface area contributed by atoms with Crippen molar-refractivity contribution in [1.82, 2.24) is 20.2 Å². The molecule has 9 nitrogen and oxygen atoms in total. The first kappa shape index (κ1) is 19.6. The van der Waals surface area contributed by atoms with Crippen molar-refractivity contribution in [1.29, 1.82) is 0 Å². The lowest BCUT2D eigenvalue weighted by Crippen LogP contribution is -2.51. The van der Waals surface area contributed by atoms with Crippen LogP contribution in [-0.2, 0) is 6.54 Å². The lowest BCUT2D eigenvalue weighted by Gasteiger charge is -2.41. The van der Waals surface area contributed by atoms with E-state index in [0.717, 1.165) is 30.9 Å². The third-order valence-corrected chi connectivity index (χ3v) is 4.90. The maximum Gasteiger partial charge on any atom is 0.356 e. The van der Waals surface area contributed by atoms with Gasteiger partial charge in [0.2, 0.25) is 0 Å². The van der Waals surface area contributed by atoms with Crippen LogP contribution in [0.3, 0.4) is 0 Å². The van der Waals surface area contributed by atoms with Gasteiger partial charge in [0.1, 0.15) is 5.69 Å². The molecule has 2 aromatic rings. The third kappa shape index (κ3) is 4.20. The Labute approximate surface area is 163 Å². The molecule has 1 aliphatic heterocycles. The number of carboxylic acid groups (broad SMARTS) is 1. The number of aromatic nitrogens is 2. The topological polar surface area (TPSA) is 125 Å². The first-order valence-electron chi connectivity index (χ1n) is 9.04. The molecule has 1 saturated heterocycles. The molecule has 1 fully saturated rings. The zero-order valence-electron chi connectivity index (χ0n) is 15.9. The second-order valence-electron chi connectivity index (χ2n) is 6.83. The van der Waals surface area contributed by atoms with E-state index in [1.807, 2.05) is 6.07 Å². The van der Waals surface area contributed by atoms with Crippen LogP contribution in [0, 0.1) is 0 Å². The fraction of sp³-hybridized carbons (Fsp3) is 0.368. The highest BCUT2D eigenvalue weighted by Gasteiger charge is 2.24. The van der Waals surface area contributed by atoms with Crippen molar-refractivity contribution in [3.05, 3.63) is 47.5 Å². The Balaban J connectivity index is 1.63. The van der Waals surface area contributed by atoms with Gasteiger partial charge in [0.05, 0.1) is 17.6 Å². The number of carbonyl (C=O) groups excluding carboxylic acids is 1. The summed E-state index contributed by atoms with van der Waals surface area (Å²) in [7, 11) is 1.58. The van der Waals surface area contributed by atoms with Gasteiger partial charge in [0, 0.05) is 45.5 Å². The zero-order chi connectivity index (χ0) is 20.3. The molecule has 3 rings (SSSR count). The molecular formula is C19H24N6O3. The number of hydrogen-bond acceptors (Lipinski definition) is 7. The molecule has 0 bridgehead atoms. The molecule has 0 spiro atoms. The lowest BCUT2D eigenvalue weighted by molar-refractivity contribution is 0.0691. The van der Waals surface area contributed by atoms with Crippen molar-refractivity contribution in [3.8, 4) is 0 Å². The highest BCUT2D eigenvalue weighted by atomic mass is 16.4. The van der Waals surface area contributed by atoms with Crippen LogP contribution in [0.2, 0.25) is 0 Å². The van der Waals surface area contributed by atoms with Crippen molar-refractivity contribution in [2.45, 2.75) is 19.5 Å². The summed E-state index contributed by atoms with van der Waals surface area (Å²) in [5.41, 5.74) is 8.13. The van der Waals surface area contributed by atoms with Crippen LogP contribution >= 0.6 is 0 Å². The van der Waals surface area contributed by atoms with Crippen molar-refractivity contribution < 1.29 is 14.7 Å². The van der Waals surface area contributed by atoms with Crippen molar-refractivity contribution in [2.75, 3.05) is 37.3 Å². The minimum atomic E-state index is -1.12. The largest absolute Gasteiger partial charge is 0.476 e. The standard InChI is InChI=1S/C19H24N6O3/c1-12-10-25(14-3-4-16(22-9-14)18(26)21-2)6-5-24(12)11-13-7-15(20)17(19(27)28)23-8-13/h3-4,7-9,12H,5-6,10-11,20H2,1-2H3,(H,21,26)(H,27,28). The normalized spacial score (nSPS) is 17.4. The van der Waals surface area contributed by atoms with E-state index >= 15 is 0 Å². The van der Waals surface area contributed by atoms with E-state index in [1.165, 1.54) is 0 Å². The number of nitrogens with zero attached hydrogens (tertiary/aromatic N) is 4. The monoisotopic (exact) mass is 384 g/mol. The highest BCUT2D eigenvalue weighted by Crippen LogP contribution is 2.21. The Morgan fingerprint density at radius 3 is 2.64 bits per heavy atom. The van der Waals surface area contributed by atoms with E-state index < -0.39 is 5.97 Å². The fourth-order valence-electron chi connectivity index (χ4n) is 3.33. The van der Waals surface area contributed by atoms with E-state index in [4.69, 9.17) is 10.8 Å². The number of nitrogens with one attached hydrogen (secondary N) is 1. The molecule has 28 heavy (non-hydrogen) atoms. The number of carbonyl (C=O) groups is 2.